The lowest BCUT2D eigenvalue weighted by Gasteiger charge is -2.26. The second-order valence-corrected chi connectivity index (χ2v) is 10.8. The van der Waals surface area contributed by atoms with Gasteiger partial charge in [0, 0.05) is 12.7 Å². The number of aromatic nitrogens is 2. The number of carbonyl (C=O) groups is 1. The third-order valence-electron chi connectivity index (χ3n) is 5.74. The van der Waals surface area contributed by atoms with Crippen LogP contribution in [0.4, 0.5) is 30.6 Å². The Morgan fingerprint density at radius 3 is 2.44 bits per heavy atom. The number of nitrogens with one attached hydrogen (secondary N) is 3. The largest absolute Gasteiger partial charge is 0.421 e. The first-order valence-corrected chi connectivity index (χ1v) is 14.3. The van der Waals surface area contributed by atoms with Gasteiger partial charge in [-0.25, -0.2) is 4.98 Å². The molecule has 1 amide bonds. The molecule has 0 bridgehead atoms. The van der Waals surface area contributed by atoms with Crippen molar-refractivity contribution in [2.75, 3.05) is 36.6 Å². The molecule has 3 N–H and O–H groups in total. The molecule has 0 saturated carbocycles. The van der Waals surface area contributed by atoms with Gasteiger partial charge in [-0.2, -0.15) is 18.2 Å². The van der Waals surface area contributed by atoms with Gasteiger partial charge in [-0.1, -0.05) is 37.3 Å². The van der Waals surface area contributed by atoms with Crippen LogP contribution in [-0.2, 0) is 19.8 Å². The number of hydrogen-bond acceptors (Lipinski definition) is 8. The molecule has 0 saturated heterocycles. The second-order valence-electron chi connectivity index (χ2n) is 8.72. The van der Waals surface area contributed by atoms with Crippen LogP contribution in [-0.4, -0.2) is 47.8 Å². The van der Waals surface area contributed by atoms with E-state index in [2.05, 4.69) is 25.9 Å². The molecule has 2 aromatic rings. The molecule has 1 aromatic heterocycles. The number of anilines is 3. The third-order valence-corrected chi connectivity index (χ3v) is 7.80. The average molecular weight is 568 g/mol. The molecular weight excluding hydrogens is 534 g/mol. The number of rotatable bonds is 12. The van der Waals surface area contributed by atoms with Gasteiger partial charge in [0.25, 0.3) is 5.91 Å². The summed E-state index contributed by atoms with van der Waals surface area (Å²) in [6.07, 6.45) is 1.55. The van der Waals surface area contributed by atoms with E-state index in [-0.39, 0.29) is 48.5 Å². The predicted octanol–water partition coefficient (Wildman–Crippen LogP) is 6.17. The molecule has 1 heterocycles. The molecule has 1 aliphatic rings. The highest BCUT2D eigenvalue weighted by Crippen LogP contribution is 2.50. The smallest absolute Gasteiger partial charge is 0.352 e. The number of hydrogen-bond donors (Lipinski definition) is 3. The summed E-state index contributed by atoms with van der Waals surface area (Å²) in [5.41, 5.74) is 0.0443. The van der Waals surface area contributed by atoms with Crippen LogP contribution in [0.5, 0.6) is 0 Å². The van der Waals surface area contributed by atoms with E-state index in [1.807, 2.05) is 13.0 Å². The Morgan fingerprint density at radius 2 is 1.82 bits per heavy atom. The Bertz CT molecular complexity index is 1260. The van der Waals surface area contributed by atoms with E-state index in [1.165, 1.54) is 12.1 Å². The van der Waals surface area contributed by atoms with Crippen molar-refractivity contribution < 1.29 is 31.6 Å². The third kappa shape index (κ3) is 8.14. The Kier molecular flexibility index (Phi) is 10.3. The summed E-state index contributed by atoms with van der Waals surface area (Å²) in [4.78, 5) is 20.4. The van der Waals surface area contributed by atoms with Crippen molar-refractivity contribution in [3.63, 3.8) is 0 Å². The van der Waals surface area contributed by atoms with Crippen molar-refractivity contribution in [1.29, 1.82) is 0 Å². The molecule has 39 heavy (non-hydrogen) atoms. The zero-order chi connectivity index (χ0) is 28.6. The lowest BCUT2D eigenvalue weighted by atomic mass is 9.94. The monoisotopic (exact) mass is 567 g/mol. The summed E-state index contributed by atoms with van der Waals surface area (Å²) in [6.45, 7) is 8.00. The Labute approximate surface area is 225 Å². The van der Waals surface area contributed by atoms with E-state index < -0.39 is 31.1 Å². The quantitative estimate of drug-likeness (QED) is 0.261. The summed E-state index contributed by atoms with van der Waals surface area (Å²) in [6, 6.07) is 5.89. The molecule has 3 rings (SSSR count). The molecule has 0 radical (unpaired) electrons. The van der Waals surface area contributed by atoms with E-state index in [1.54, 1.807) is 45.1 Å². The van der Waals surface area contributed by atoms with Gasteiger partial charge in [0.2, 0.25) is 5.95 Å². The fourth-order valence-electron chi connectivity index (χ4n) is 4.01. The van der Waals surface area contributed by atoms with Gasteiger partial charge in [0.1, 0.15) is 11.4 Å². The number of para-hydroxylation sites is 1. The molecule has 2 atom stereocenters. The standard InChI is InChI=1S/C26H33F3N5O4P/c1-5-30-24(35)19-10-8-9-11-22(19)32-23-20(26(27,28)29)15-31-25(34-23)33-21-13-12-18(14-17(21)4)16-39(36,37-6-2)38-7-3/h8-15,17,21H,5-7,16H2,1-4H3,(H,30,35)(H2,31,32,33,34). The van der Waals surface area contributed by atoms with Crippen molar-refractivity contribution in [3.05, 3.63) is 65.4 Å². The van der Waals surface area contributed by atoms with Crippen LogP contribution >= 0.6 is 7.60 Å². The zero-order valence-corrected chi connectivity index (χ0v) is 23.1. The maximum absolute atomic E-state index is 13.8. The van der Waals surface area contributed by atoms with Crippen molar-refractivity contribution in [3.8, 4) is 0 Å². The maximum Gasteiger partial charge on any atom is 0.421 e. The minimum Gasteiger partial charge on any atom is -0.352 e. The molecular formula is C26H33F3N5O4P. The first kappa shape index (κ1) is 30.3. The van der Waals surface area contributed by atoms with Gasteiger partial charge >= 0.3 is 13.8 Å². The SMILES string of the molecule is CCNC(=O)c1ccccc1Nc1nc(NC2C=CC(CP(=O)(OCC)OCC)=CC2C)ncc1C(F)(F)F. The number of benzene rings is 1. The van der Waals surface area contributed by atoms with E-state index >= 15 is 0 Å². The van der Waals surface area contributed by atoms with Crippen molar-refractivity contribution >= 4 is 31.0 Å². The Hall–Kier alpha value is -3.21. The van der Waals surface area contributed by atoms with Crippen molar-refractivity contribution in [2.24, 2.45) is 5.92 Å². The number of allylic oxidation sites excluding steroid dienone is 2. The van der Waals surface area contributed by atoms with E-state index in [9.17, 15) is 22.5 Å². The normalized spacial score (nSPS) is 17.5. The lowest BCUT2D eigenvalue weighted by molar-refractivity contribution is -0.137. The minimum absolute atomic E-state index is 0.0337. The fraction of sp³-hybridized carbons (Fsp3) is 0.423. The summed E-state index contributed by atoms with van der Waals surface area (Å²) in [5, 5.41) is 8.37. The first-order chi connectivity index (χ1) is 18.5. The Balaban J connectivity index is 1.83. The number of halogens is 3. The maximum atomic E-state index is 13.8. The molecule has 1 aromatic carbocycles. The van der Waals surface area contributed by atoms with Gasteiger partial charge in [0.05, 0.1) is 36.7 Å². The summed E-state index contributed by atoms with van der Waals surface area (Å²) in [5.74, 6) is -1.09. The average Bonchev–Trinajstić information content (AvgIpc) is 2.86. The van der Waals surface area contributed by atoms with Gasteiger partial charge in [-0.3, -0.25) is 9.36 Å². The minimum atomic E-state index is -4.73. The van der Waals surface area contributed by atoms with E-state index in [0.717, 1.165) is 5.57 Å². The molecule has 0 fully saturated rings. The summed E-state index contributed by atoms with van der Waals surface area (Å²) in [7, 11) is -3.29. The Morgan fingerprint density at radius 1 is 1.13 bits per heavy atom. The molecule has 9 nitrogen and oxygen atoms in total. The number of alkyl halides is 3. The van der Waals surface area contributed by atoms with E-state index in [0.29, 0.717) is 12.7 Å². The van der Waals surface area contributed by atoms with Crippen molar-refractivity contribution in [1.82, 2.24) is 15.3 Å². The molecule has 212 valence electrons. The molecule has 0 spiro atoms. The van der Waals surface area contributed by atoms with Crippen LogP contribution in [0.2, 0.25) is 0 Å². The molecule has 2 unspecified atom stereocenters. The van der Waals surface area contributed by atoms with Gasteiger partial charge in [-0.05, 0) is 44.4 Å². The molecule has 13 heteroatoms. The van der Waals surface area contributed by atoms with Crippen LogP contribution in [0.3, 0.4) is 0 Å². The lowest BCUT2D eigenvalue weighted by Crippen LogP contribution is -2.28. The highest BCUT2D eigenvalue weighted by atomic mass is 31.2. The predicted molar refractivity (Wildman–Crippen MR) is 144 cm³/mol. The number of nitrogens with zero attached hydrogens (tertiary/aromatic N) is 2. The van der Waals surface area contributed by atoms with Gasteiger partial charge < -0.3 is 25.0 Å². The molecule has 0 aliphatic heterocycles. The molecule has 1 aliphatic carbocycles. The fourth-order valence-corrected chi connectivity index (χ4v) is 5.71. The van der Waals surface area contributed by atoms with Crippen LogP contribution in [0, 0.1) is 5.92 Å². The van der Waals surface area contributed by atoms with Crippen LogP contribution in [0.1, 0.15) is 43.6 Å². The second kappa shape index (κ2) is 13.2. The topological polar surface area (TPSA) is 114 Å². The van der Waals surface area contributed by atoms with Crippen LogP contribution < -0.4 is 16.0 Å². The van der Waals surface area contributed by atoms with Crippen molar-refractivity contribution in [2.45, 2.75) is 39.9 Å². The number of carbonyl (C=O) groups excluding carboxylic acids is 1. The van der Waals surface area contributed by atoms with Crippen LogP contribution in [0.25, 0.3) is 0 Å². The van der Waals surface area contributed by atoms with E-state index in [4.69, 9.17) is 9.05 Å². The van der Waals surface area contributed by atoms with Crippen LogP contribution in [0.15, 0.2) is 54.3 Å². The van der Waals surface area contributed by atoms with Gasteiger partial charge in [-0.15, -0.1) is 0 Å². The van der Waals surface area contributed by atoms with Gasteiger partial charge in [0.15, 0.2) is 0 Å². The first-order valence-electron chi connectivity index (χ1n) is 12.6. The zero-order valence-electron chi connectivity index (χ0n) is 22.2. The highest BCUT2D eigenvalue weighted by Gasteiger charge is 2.36. The summed E-state index contributed by atoms with van der Waals surface area (Å²) >= 11 is 0. The number of amides is 1. The summed E-state index contributed by atoms with van der Waals surface area (Å²) < 4.78 is 65.0. The highest BCUT2D eigenvalue weighted by molar-refractivity contribution is 7.54.